The molecule has 6 rings (SSSR count). The van der Waals surface area contributed by atoms with Crippen molar-refractivity contribution in [2.45, 2.75) is 181 Å². The Labute approximate surface area is 284 Å². The van der Waals surface area contributed by atoms with E-state index < -0.39 is 23.3 Å². The van der Waals surface area contributed by atoms with Gasteiger partial charge in [-0.1, -0.05) is 34.6 Å². The summed E-state index contributed by atoms with van der Waals surface area (Å²) < 4.78 is 12.3. The standard InChI is InChI=1S/C39H66N2O6/c1-33(2,3)47-32(44)41-21-16-24(41)31(43)40-28-14-17-36(8)26(34(28,4)5)13-19-37(9)27(36)22-25(42)30-23(12-18-38(30,37)10)39(11)20-15-29(46-39)35(6,7)45/h23-30,42,45H,12-22H2,1-11H3,(H,40,43)/t23-,24+,25+,26-,27+,28-,29+,30-,36-,37+,38+,39-/m0/s1. The number of fused-ring (bicyclic) bond motifs is 5. The molecule has 0 radical (unpaired) electrons. The molecular weight excluding hydrogens is 592 g/mol. The molecule has 8 nitrogen and oxygen atoms in total. The van der Waals surface area contributed by atoms with E-state index in [1.165, 1.54) is 0 Å². The van der Waals surface area contributed by atoms with Gasteiger partial charge >= 0.3 is 6.09 Å². The van der Waals surface area contributed by atoms with Gasteiger partial charge in [0.25, 0.3) is 0 Å². The van der Waals surface area contributed by atoms with Crippen LogP contribution in [0.2, 0.25) is 0 Å². The minimum atomic E-state index is -0.866. The fourth-order valence-corrected chi connectivity index (χ4v) is 12.8. The largest absolute Gasteiger partial charge is 0.444 e. The highest BCUT2D eigenvalue weighted by atomic mass is 16.6. The average Bonchev–Trinajstić information content (AvgIpc) is 3.48. The molecule has 0 aromatic heterocycles. The summed E-state index contributed by atoms with van der Waals surface area (Å²) in [6, 6.07) is -0.428. The van der Waals surface area contributed by atoms with Crippen LogP contribution in [0.4, 0.5) is 4.79 Å². The predicted molar refractivity (Wildman–Crippen MR) is 182 cm³/mol. The van der Waals surface area contributed by atoms with Crippen molar-refractivity contribution < 1.29 is 29.3 Å². The van der Waals surface area contributed by atoms with Crippen molar-refractivity contribution in [2.24, 2.45) is 45.3 Å². The Bertz CT molecular complexity index is 1250. The van der Waals surface area contributed by atoms with Gasteiger partial charge in [0.05, 0.1) is 23.4 Å². The second kappa shape index (κ2) is 11.1. The zero-order valence-electron chi connectivity index (χ0n) is 31.4. The van der Waals surface area contributed by atoms with Gasteiger partial charge < -0.3 is 25.0 Å². The number of carbonyl (C=O) groups excluding carboxylic acids is 2. The molecule has 2 amide bonds. The van der Waals surface area contributed by atoms with Gasteiger partial charge in [-0.3, -0.25) is 9.69 Å². The molecule has 47 heavy (non-hydrogen) atoms. The first kappa shape index (κ1) is 35.4. The van der Waals surface area contributed by atoms with Gasteiger partial charge in [0.2, 0.25) is 5.91 Å². The number of nitrogens with one attached hydrogen (secondary N) is 1. The summed E-state index contributed by atoms with van der Waals surface area (Å²) in [5.74, 6) is 1.23. The maximum absolute atomic E-state index is 13.6. The third-order valence-corrected chi connectivity index (χ3v) is 15.6. The number of aliphatic hydroxyl groups excluding tert-OH is 1. The lowest BCUT2D eigenvalue weighted by molar-refractivity contribution is -0.240. The molecule has 12 atom stereocenters. The first-order chi connectivity index (χ1) is 21.5. The number of ether oxygens (including phenoxy) is 2. The smallest absolute Gasteiger partial charge is 0.410 e. The number of hydrogen-bond acceptors (Lipinski definition) is 6. The summed E-state index contributed by atoms with van der Waals surface area (Å²) in [7, 11) is 0. The van der Waals surface area contributed by atoms with Gasteiger partial charge in [-0.15, -0.1) is 0 Å². The van der Waals surface area contributed by atoms with Crippen LogP contribution in [0.15, 0.2) is 0 Å². The van der Waals surface area contributed by atoms with Crippen molar-refractivity contribution in [3.63, 3.8) is 0 Å². The molecule has 2 aliphatic heterocycles. The van der Waals surface area contributed by atoms with Crippen LogP contribution in [0.25, 0.3) is 0 Å². The Hall–Kier alpha value is -1.38. The summed E-state index contributed by atoms with van der Waals surface area (Å²) in [4.78, 5) is 27.9. The van der Waals surface area contributed by atoms with E-state index in [-0.39, 0.29) is 63.3 Å². The third kappa shape index (κ3) is 5.39. The number of likely N-dealkylation sites (tertiary alicyclic amines) is 1. The molecule has 0 aromatic rings. The van der Waals surface area contributed by atoms with Gasteiger partial charge in [0.1, 0.15) is 11.6 Å². The second-order valence-electron chi connectivity index (χ2n) is 20.0. The first-order valence-corrected chi connectivity index (χ1v) is 18.9. The van der Waals surface area contributed by atoms with Crippen LogP contribution in [-0.2, 0) is 14.3 Å². The maximum Gasteiger partial charge on any atom is 0.410 e. The topological polar surface area (TPSA) is 108 Å². The van der Waals surface area contributed by atoms with Crippen molar-refractivity contribution in [3.05, 3.63) is 0 Å². The van der Waals surface area contributed by atoms with E-state index in [0.29, 0.717) is 24.8 Å². The number of hydrogen-bond donors (Lipinski definition) is 3. The number of rotatable bonds is 4. The van der Waals surface area contributed by atoms with Gasteiger partial charge in [-0.05, 0) is 151 Å². The first-order valence-electron chi connectivity index (χ1n) is 18.9. The molecule has 0 bridgehead atoms. The van der Waals surface area contributed by atoms with Crippen LogP contribution >= 0.6 is 0 Å². The predicted octanol–water partition coefficient (Wildman–Crippen LogP) is 6.85. The molecule has 2 saturated heterocycles. The molecule has 0 spiro atoms. The molecule has 0 aromatic carbocycles. The summed E-state index contributed by atoms with van der Waals surface area (Å²) in [6.07, 6.45) is 8.69. The average molecular weight is 659 g/mol. The Morgan fingerprint density at radius 2 is 1.51 bits per heavy atom. The second-order valence-corrected chi connectivity index (χ2v) is 20.0. The highest BCUT2D eigenvalue weighted by Crippen LogP contribution is 2.76. The Morgan fingerprint density at radius 3 is 2.09 bits per heavy atom. The zero-order chi connectivity index (χ0) is 34.8. The lowest BCUT2D eigenvalue weighted by Gasteiger charge is -2.71. The highest BCUT2D eigenvalue weighted by Gasteiger charge is 2.72. The fourth-order valence-electron chi connectivity index (χ4n) is 12.8. The normalized spacial score (nSPS) is 47.7. The summed E-state index contributed by atoms with van der Waals surface area (Å²) >= 11 is 0. The van der Waals surface area contributed by atoms with Crippen molar-refractivity contribution in [2.75, 3.05) is 6.54 Å². The van der Waals surface area contributed by atoms with Gasteiger partial charge in [0, 0.05) is 12.6 Å². The van der Waals surface area contributed by atoms with E-state index in [1.54, 1.807) is 4.90 Å². The number of carbonyl (C=O) groups is 2. The molecule has 3 N–H and O–H groups in total. The van der Waals surface area contributed by atoms with Crippen LogP contribution in [0.1, 0.15) is 140 Å². The lowest BCUT2D eigenvalue weighted by atomic mass is 9.35. The van der Waals surface area contributed by atoms with Crippen molar-refractivity contribution in [3.8, 4) is 0 Å². The fraction of sp³-hybridized carbons (Fsp3) is 0.949. The summed E-state index contributed by atoms with van der Waals surface area (Å²) in [5.41, 5.74) is -1.73. The maximum atomic E-state index is 13.6. The number of nitrogens with zero attached hydrogens (tertiary/aromatic N) is 1. The number of amides is 2. The van der Waals surface area contributed by atoms with Crippen LogP contribution in [0.3, 0.4) is 0 Å². The third-order valence-electron chi connectivity index (χ3n) is 15.6. The molecule has 4 saturated carbocycles. The summed E-state index contributed by atoms with van der Waals surface area (Å²) in [5, 5.41) is 26.4. The Kier molecular flexibility index (Phi) is 8.34. The van der Waals surface area contributed by atoms with E-state index in [9.17, 15) is 19.8 Å². The molecular formula is C39H66N2O6. The molecule has 2 heterocycles. The van der Waals surface area contributed by atoms with E-state index in [1.807, 2.05) is 34.6 Å². The summed E-state index contributed by atoms with van der Waals surface area (Å²) in [6.45, 7) is 24.3. The molecule has 6 fully saturated rings. The zero-order valence-corrected chi connectivity index (χ0v) is 31.4. The van der Waals surface area contributed by atoms with Crippen LogP contribution in [0.5, 0.6) is 0 Å². The Balaban J connectivity index is 1.19. The minimum absolute atomic E-state index is 0.0116. The van der Waals surface area contributed by atoms with Gasteiger partial charge in [0.15, 0.2) is 0 Å². The number of aliphatic hydroxyl groups is 2. The quantitative estimate of drug-likeness (QED) is 0.305. The van der Waals surface area contributed by atoms with Crippen LogP contribution < -0.4 is 5.32 Å². The monoisotopic (exact) mass is 658 g/mol. The molecule has 268 valence electrons. The van der Waals surface area contributed by atoms with Crippen LogP contribution in [0, 0.1) is 45.3 Å². The van der Waals surface area contributed by atoms with Gasteiger partial charge in [-0.2, -0.15) is 0 Å². The van der Waals surface area contributed by atoms with E-state index in [4.69, 9.17) is 9.47 Å². The lowest BCUT2D eigenvalue weighted by Crippen LogP contribution is -2.68. The van der Waals surface area contributed by atoms with Crippen molar-refractivity contribution in [1.29, 1.82) is 0 Å². The Morgan fingerprint density at radius 1 is 0.851 bits per heavy atom. The van der Waals surface area contributed by atoms with Crippen molar-refractivity contribution in [1.82, 2.24) is 10.2 Å². The molecule has 4 aliphatic carbocycles. The van der Waals surface area contributed by atoms with Gasteiger partial charge in [-0.25, -0.2) is 4.79 Å². The van der Waals surface area contributed by atoms with E-state index in [2.05, 4.69) is 46.9 Å². The molecule has 0 unspecified atom stereocenters. The molecule has 8 heteroatoms. The minimum Gasteiger partial charge on any atom is -0.444 e. The van der Waals surface area contributed by atoms with E-state index in [0.717, 1.165) is 57.8 Å². The highest BCUT2D eigenvalue weighted by molar-refractivity contribution is 5.87. The molecule has 6 aliphatic rings. The van der Waals surface area contributed by atoms with Crippen LogP contribution in [-0.4, -0.2) is 74.8 Å². The SMILES string of the molecule is CC(C)(C)OC(=O)N1CC[C@@H]1C(=O)N[C@H]1CC[C@]2(C)[C@H]3C[C@@H](O)[C@@H]4[C@@H]([C@]5(C)CC[C@H](C(C)(C)O)O5)CC[C@@]4(C)[C@]3(C)CC[C@H]2C1(C)C. The van der Waals surface area contributed by atoms with Crippen molar-refractivity contribution >= 4 is 12.0 Å². The van der Waals surface area contributed by atoms with E-state index >= 15 is 0 Å².